The lowest BCUT2D eigenvalue weighted by atomic mass is 10.3. The zero-order valence-corrected chi connectivity index (χ0v) is 13.7. The molecule has 1 aliphatic heterocycles. The van der Waals surface area contributed by atoms with Gasteiger partial charge in [0.25, 0.3) is 10.0 Å². The molecule has 2 aromatic rings. The molecule has 1 fully saturated rings. The van der Waals surface area contributed by atoms with Crippen molar-refractivity contribution in [1.29, 1.82) is 0 Å². The van der Waals surface area contributed by atoms with Crippen LogP contribution in [0.5, 0.6) is 0 Å². The number of hydrogen-bond acceptors (Lipinski definition) is 4. The van der Waals surface area contributed by atoms with Gasteiger partial charge >= 0.3 is 6.03 Å². The maximum atomic E-state index is 12.5. The normalized spacial score (nSPS) is 15.3. The lowest BCUT2D eigenvalue weighted by Gasteiger charge is -2.18. The van der Waals surface area contributed by atoms with Gasteiger partial charge in [-0.2, -0.15) is 0 Å². The van der Waals surface area contributed by atoms with Gasteiger partial charge in [-0.05, 0) is 23.8 Å². The van der Waals surface area contributed by atoms with E-state index in [1.807, 2.05) is 0 Å². The lowest BCUT2D eigenvalue weighted by molar-refractivity contribution is 0.205. The third-order valence-corrected chi connectivity index (χ3v) is 5.56. The topological polar surface area (TPSA) is 70.6 Å². The van der Waals surface area contributed by atoms with Gasteiger partial charge in [0.15, 0.2) is 0 Å². The van der Waals surface area contributed by atoms with E-state index >= 15 is 0 Å². The third-order valence-electron chi connectivity index (χ3n) is 3.55. The van der Waals surface area contributed by atoms with Crippen LogP contribution in [0.2, 0.25) is 5.15 Å². The molecule has 0 aliphatic carbocycles. The molecule has 0 N–H and O–H groups in total. The molecular formula is C15H14ClN3O3S. The van der Waals surface area contributed by atoms with Gasteiger partial charge in [0, 0.05) is 19.3 Å². The highest BCUT2D eigenvalue weighted by Gasteiger charge is 2.37. The molecule has 23 heavy (non-hydrogen) atoms. The molecule has 1 aromatic carbocycles. The first-order chi connectivity index (χ1) is 11.0. The Morgan fingerprint density at radius 2 is 1.83 bits per heavy atom. The first-order valence-corrected chi connectivity index (χ1v) is 8.77. The summed E-state index contributed by atoms with van der Waals surface area (Å²) in [5, 5.41) is 0.370. The van der Waals surface area contributed by atoms with E-state index in [1.165, 1.54) is 17.0 Å². The fourth-order valence-corrected chi connectivity index (χ4v) is 3.88. The number of benzene rings is 1. The number of carbonyl (C=O) groups is 1. The van der Waals surface area contributed by atoms with Crippen LogP contribution in [0.15, 0.2) is 53.6 Å². The number of pyridine rings is 1. The first-order valence-electron chi connectivity index (χ1n) is 6.95. The molecular weight excluding hydrogens is 338 g/mol. The second-order valence-corrected chi connectivity index (χ2v) is 7.33. The lowest BCUT2D eigenvalue weighted by Crippen LogP contribution is -2.36. The molecule has 0 saturated carbocycles. The van der Waals surface area contributed by atoms with Crippen molar-refractivity contribution in [3.8, 4) is 0 Å². The van der Waals surface area contributed by atoms with Crippen LogP contribution < -0.4 is 0 Å². The number of nitrogens with zero attached hydrogens (tertiary/aromatic N) is 3. The van der Waals surface area contributed by atoms with Gasteiger partial charge in [-0.25, -0.2) is 22.5 Å². The molecule has 0 bridgehead atoms. The van der Waals surface area contributed by atoms with Crippen molar-refractivity contribution in [3.05, 3.63) is 59.4 Å². The largest absolute Gasteiger partial charge is 0.334 e. The van der Waals surface area contributed by atoms with Crippen LogP contribution in [-0.2, 0) is 16.6 Å². The average Bonchev–Trinajstić information content (AvgIpc) is 2.92. The summed E-state index contributed by atoms with van der Waals surface area (Å²) in [7, 11) is -3.81. The van der Waals surface area contributed by atoms with E-state index in [9.17, 15) is 13.2 Å². The Bertz CT molecular complexity index is 810. The minimum absolute atomic E-state index is 0.114. The highest BCUT2D eigenvalue weighted by molar-refractivity contribution is 7.89. The average molecular weight is 352 g/mol. The molecule has 0 spiro atoms. The molecule has 2 amide bonds. The number of carbonyl (C=O) groups excluding carboxylic acids is 1. The SMILES string of the molecule is O=C1N(Cc2ccc(Cl)nc2)CCN1S(=O)(=O)c1ccccc1. The van der Waals surface area contributed by atoms with Crippen LogP contribution in [0.1, 0.15) is 5.56 Å². The third kappa shape index (κ3) is 3.16. The van der Waals surface area contributed by atoms with Gasteiger partial charge in [0.2, 0.25) is 0 Å². The summed E-state index contributed by atoms with van der Waals surface area (Å²) in [4.78, 5) is 18.0. The summed E-state index contributed by atoms with van der Waals surface area (Å²) in [6.45, 7) is 0.772. The highest BCUT2D eigenvalue weighted by atomic mass is 35.5. The van der Waals surface area contributed by atoms with Gasteiger partial charge in [0.05, 0.1) is 11.4 Å². The van der Waals surface area contributed by atoms with E-state index in [1.54, 1.807) is 36.5 Å². The Morgan fingerprint density at radius 1 is 1.09 bits per heavy atom. The van der Waals surface area contributed by atoms with Crippen LogP contribution in [0.3, 0.4) is 0 Å². The summed E-state index contributed by atoms with van der Waals surface area (Å²) < 4.78 is 26.0. The number of urea groups is 1. The van der Waals surface area contributed by atoms with Crippen molar-refractivity contribution >= 4 is 27.7 Å². The van der Waals surface area contributed by atoms with Crippen molar-refractivity contribution in [3.63, 3.8) is 0 Å². The molecule has 120 valence electrons. The molecule has 2 heterocycles. The van der Waals surface area contributed by atoms with Gasteiger partial charge in [-0.3, -0.25) is 0 Å². The summed E-state index contributed by atoms with van der Waals surface area (Å²) >= 11 is 5.73. The minimum Gasteiger partial charge on any atom is -0.318 e. The second-order valence-electron chi connectivity index (χ2n) is 5.08. The summed E-state index contributed by atoms with van der Waals surface area (Å²) in [5.74, 6) is 0. The zero-order chi connectivity index (χ0) is 16.4. The van der Waals surface area contributed by atoms with Gasteiger partial charge in [-0.1, -0.05) is 35.9 Å². The fraction of sp³-hybridized carbons (Fsp3) is 0.200. The Labute approximate surface area is 139 Å². The van der Waals surface area contributed by atoms with Crippen LogP contribution in [0.25, 0.3) is 0 Å². The van der Waals surface area contributed by atoms with Crippen molar-refractivity contribution in [1.82, 2.24) is 14.2 Å². The van der Waals surface area contributed by atoms with E-state index in [2.05, 4.69) is 4.98 Å². The fourth-order valence-electron chi connectivity index (χ4n) is 2.37. The van der Waals surface area contributed by atoms with Gasteiger partial charge < -0.3 is 4.90 Å². The van der Waals surface area contributed by atoms with E-state index in [0.717, 1.165) is 9.87 Å². The molecule has 0 atom stereocenters. The Kier molecular flexibility index (Phi) is 4.23. The summed E-state index contributed by atoms with van der Waals surface area (Å²) in [6.07, 6.45) is 1.57. The number of sulfonamides is 1. The number of amides is 2. The van der Waals surface area contributed by atoms with Gasteiger partial charge in [-0.15, -0.1) is 0 Å². The predicted molar refractivity (Wildman–Crippen MR) is 85.4 cm³/mol. The smallest absolute Gasteiger partial charge is 0.318 e. The molecule has 3 rings (SSSR count). The van der Waals surface area contributed by atoms with Crippen LogP contribution in [0.4, 0.5) is 4.79 Å². The van der Waals surface area contributed by atoms with Crippen molar-refractivity contribution < 1.29 is 13.2 Å². The van der Waals surface area contributed by atoms with Crippen molar-refractivity contribution in [2.24, 2.45) is 0 Å². The quantitative estimate of drug-likeness (QED) is 0.793. The standard InChI is InChI=1S/C15H14ClN3O3S/c16-14-7-6-12(10-17-14)11-18-8-9-19(15(18)20)23(21,22)13-4-2-1-3-5-13/h1-7,10H,8-9,11H2. The second kappa shape index (κ2) is 6.17. The number of hydrogen-bond donors (Lipinski definition) is 0. The monoisotopic (exact) mass is 351 g/mol. The number of halogens is 1. The molecule has 1 aromatic heterocycles. The maximum Gasteiger partial charge on any atom is 0.334 e. The van der Waals surface area contributed by atoms with E-state index in [4.69, 9.17) is 11.6 Å². The number of aromatic nitrogens is 1. The van der Waals surface area contributed by atoms with E-state index in [-0.39, 0.29) is 11.4 Å². The number of rotatable bonds is 4. The molecule has 0 radical (unpaired) electrons. The first kappa shape index (κ1) is 15.8. The Morgan fingerprint density at radius 3 is 2.48 bits per heavy atom. The molecule has 8 heteroatoms. The summed E-state index contributed by atoms with van der Waals surface area (Å²) in [6, 6.07) is 10.8. The Balaban J connectivity index is 1.78. The molecule has 1 aliphatic rings. The van der Waals surface area contributed by atoms with Crippen molar-refractivity contribution in [2.45, 2.75) is 11.4 Å². The molecule has 0 unspecified atom stereocenters. The maximum absolute atomic E-state index is 12.5. The summed E-state index contributed by atoms with van der Waals surface area (Å²) in [5.41, 5.74) is 0.793. The van der Waals surface area contributed by atoms with Crippen LogP contribution in [-0.4, -0.2) is 41.7 Å². The zero-order valence-electron chi connectivity index (χ0n) is 12.1. The van der Waals surface area contributed by atoms with Crippen molar-refractivity contribution in [2.75, 3.05) is 13.1 Å². The predicted octanol–water partition coefficient (Wildman–Crippen LogP) is 2.36. The minimum atomic E-state index is -3.81. The Hall–Kier alpha value is -2.12. The van der Waals surface area contributed by atoms with Crippen LogP contribution in [0, 0.1) is 0 Å². The van der Waals surface area contributed by atoms with Gasteiger partial charge in [0.1, 0.15) is 5.15 Å². The molecule has 1 saturated heterocycles. The molecule has 6 nitrogen and oxygen atoms in total. The van der Waals surface area contributed by atoms with Crippen LogP contribution >= 0.6 is 11.6 Å². The van der Waals surface area contributed by atoms with E-state index in [0.29, 0.717) is 18.2 Å². The van der Waals surface area contributed by atoms with E-state index < -0.39 is 16.1 Å². The highest BCUT2D eigenvalue weighted by Crippen LogP contribution is 2.22.